The lowest BCUT2D eigenvalue weighted by Crippen LogP contribution is -2.24. The first-order valence-corrected chi connectivity index (χ1v) is 10.3. The molecule has 3 rings (SSSR count). The van der Waals surface area contributed by atoms with Crippen LogP contribution in [-0.4, -0.2) is 36.7 Å². The van der Waals surface area contributed by atoms with Crippen molar-refractivity contribution in [1.29, 1.82) is 0 Å². The molecule has 29 heavy (non-hydrogen) atoms. The molecule has 150 valence electrons. The molecule has 8 heteroatoms. The Hall–Kier alpha value is -3.00. The summed E-state index contributed by atoms with van der Waals surface area (Å²) in [5.74, 6) is 0.470. The molecule has 0 saturated heterocycles. The number of rotatable bonds is 8. The molecule has 2 heterocycles. The van der Waals surface area contributed by atoms with Gasteiger partial charge in [-0.1, -0.05) is 30.8 Å². The minimum Gasteiger partial charge on any atom is -0.324 e. The lowest BCUT2D eigenvalue weighted by molar-refractivity contribution is -0.115. The summed E-state index contributed by atoms with van der Waals surface area (Å²) in [4.78, 5) is 28.6. The van der Waals surface area contributed by atoms with Crippen LogP contribution in [0.1, 0.15) is 37.6 Å². The van der Waals surface area contributed by atoms with Gasteiger partial charge in [-0.3, -0.25) is 14.6 Å². The van der Waals surface area contributed by atoms with Crippen molar-refractivity contribution in [1.82, 2.24) is 19.7 Å². The molecular weight excluding hydrogens is 386 g/mol. The highest BCUT2D eigenvalue weighted by molar-refractivity contribution is 8.00. The van der Waals surface area contributed by atoms with E-state index >= 15 is 0 Å². The number of carbonyl (C=O) groups excluding carboxylic acids is 2. The highest BCUT2D eigenvalue weighted by atomic mass is 32.2. The van der Waals surface area contributed by atoms with Crippen LogP contribution in [0.5, 0.6) is 0 Å². The number of hydrogen-bond donors (Lipinski definition) is 1. The van der Waals surface area contributed by atoms with Gasteiger partial charge in [-0.05, 0) is 44.5 Å². The van der Waals surface area contributed by atoms with Crippen LogP contribution in [0.3, 0.4) is 0 Å². The number of ketones is 1. The van der Waals surface area contributed by atoms with Crippen molar-refractivity contribution in [3.8, 4) is 11.4 Å². The molecule has 0 radical (unpaired) electrons. The second-order valence-corrected chi connectivity index (χ2v) is 7.85. The molecule has 1 atom stereocenters. The van der Waals surface area contributed by atoms with E-state index in [1.807, 2.05) is 23.6 Å². The molecule has 7 nitrogen and oxygen atoms in total. The fraction of sp³-hybridized carbons (Fsp3) is 0.286. The Kier molecular flexibility index (Phi) is 6.77. The normalized spacial score (nSPS) is 11.8. The molecular formula is C21H23N5O2S. The number of pyridine rings is 1. The van der Waals surface area contributed by atoms with Crippen LogP contribution in [-0.2, 0) is 11.3 Å². The largest absolute Gasteiger partial charge is 0.324 e. The van der Waals surface area contributed by atoms with Gasteiger partial charge < -0.3 is 9.88 Å². The number of carbonyl (C=O) groups is 2. The van der Waals surface area contributed by atoms with Crippen molar-refractivity contribution >= 4 is 29.1 Å². The Morgan fingerprint density at radius 1 is 1.14 bits per heavy atom. The van der Waals surface area contributed by atoms with Crippen LogP contribution in [0, 0.1) is 0 Å². The number of Topliss-reactive ketones (excluding diaryl/α,β-unsaturated/α-hetero) is 1. The van der Waals surface area contributed by atoms with E-state index in [0.717, 1.165) is 24.4 Å². The molecule has 3 aromatic rings. The summed E-state index contributed by atoms with van der Waals surface area (Å²) in [6.45, 7) is 6.12. The minimum atomic E-state index is -0.417. The summed E-state index contributed by atoms with van der Waals surface area (Å²) >= 11 is 1.34. The SMILES string of the molecule is CCCn1c(S[C@@H](C)C(=O)Nc2ccccc2C(C)=O)nnc1-c1ccncc1. The summed E-state index contributed by atoms with van der Waals surface area (Å²) in [5.41, 5.74) is 1.94. The van der Waals surface area contributed by atoms with Crippen molar-refractivity contribution in [2.45, 2.75) is 44.1 Å². The predicted molar refractivity (Wildman–Crippen MR) is 114 cm³/mol. The molecule has 1 amide bonds. The van der Waals surface area contributed by atoms with Gasteiger partial charge in [-0.25, -0.2) is 0 Å². The average Bonchev–Trinajstić information content (AvgIpc) is 3.11. The first-order valence-electron chi connectivity index (χ1n) is 9.42. The molecule has 0 fully saturated rings. The van der Waals surface area contributed by atoms with Crippen LogP contribution in [0.4, 0.5) is 5.69 Å². The van der Waals surface area contributed by atoms with E-state index < -0.39 is 5.25 Å². The zero-order valence-electron chi connectivity index (χ0n) is 16.6. The summed E-state index contributed by atoms with van der Waals surface area (Å²) in [6.07, 6.45) is 4.35. The maximum absolute atomic E-state index is 12.7. The van der Waals surface area contributed by atoms with Gasteiger partial charge in [0.15, 0.2) is 16.8 Å². The maximum Gasteiger partial charge on any atom is 0.237 e. The molecule has 0 aliphatic rings. The number of para-hydroxylation sites is 1. The molecule has 0 saturated carbocycles. The number of anilines is 1. The predicted octanol–water partition coefficient (Wildman–Crippen LogP) is 4.07. The van der Waals surface area contributed by atoms with Crippen molar-refractivity contribution in [2.24, 2.45) is 0 Å². The van der Waals surface area contributed by atoms with Gasteiger partial charge in [-0.15, -0.1) is 10.2 Å². The third-order valence-corrected chi connectivity index (χ3v) is 5.40. The summed E-state index contributed by atoms with van der Waals surface area (Å²) < 4.78 is 2.02. The lowest BCUT2D eigenvalue weighted by atomic mass is 10.1. The number of aromatic nitrogens is 4. The second-order valence-electron chi connectivity index (χ2n) is 6.54. The topological polar surface area (TPSA) is 89.8 Å². The number of nitrogens with one attached hydrogen (secondary N) is 1. The van der Waals surface area contributed by atoms with Gasteiger partial charge >= 0.3 is 0 Å². The first kappa shape index (κ1) is 20.7. The lowest BCUT2D eigenvalue weighted by Gasteiger charge is -2.14. The van der Waals surface area contributed by atoms with Gasteiger partial charge in [0.2, 0.25) is 5.91 Å². The molecule has 0 unspecified atom stereocenters. The zero-order valence-corrected chi connectivity index (χ0v) is 17.4. The Bertz CT molecular complexity index is 1000. The van der Waals surface area contributed by atoms with E-state index in [4.69, 9.17) is 0 Å². The van der Waals surface area contributed by atoms with E-state index in [0.29, 0.717) is 16.4 Å². The Morgan fingerprint density at radius 3 is 2.55 bits per heavy atom. The smallest absolute Gasteiger partial charge is 0.237 e. The molecule has 0 aliphatic heterocycles. The summed E-state index contributed by atoms with van der Waals surface area (Å²) in [6, 6.07) is 10.8. The van der Waals surface area contributed by atoms with Crippen LogP contribution in [0.2, 0.25) is 0 Å². The molecule has 0 spiro atoms. The quantitative estimate of drug-likeness (QED) is 0.445. The molecule has 1 aromatic carbocycles. The Labute approximate surface area is 174 Å². The van der Waals surface area contributed by atoms with Crippen LogP contribution in [0.25, 0.3) is 11.4 Å². The number of benzene rings is 1. The van der Waals surface area contributed by atoms with E-state index in [2.05, 4.69) is 27.4 Å². The van der Waals surface area contributed by atoms with Crippen molar-refractivity contribution in [2.75, 3.05) is 5.32 Å². The van der Waals surface area contributed by atoms with Crippen LogP contribution >= 0.6 is 11.8 Å². The van der Waals surface area contributed by atoms with Crippen LogP contribution in [0.15, 0.2) is 53.9 Å². The summed E-state index contributed by atoms with van der Waals surface area (Å²) in [7, 11) is 0. The first-order chi connectivity index (χ1) is 14.0. The average molecular weight is 410 g/mol. The fourth-order valence-electron chi connectivity index (χ4n) is 2.86. The van der Waals surface area contributed by atoms with Crippen molar-refractivity contribution in [3.63, 3.8) is 0 Å². The highest BCUT2D eigenvalue weighted by Gasteiger charge is 2.21. The van der Waals surface area contributed by atoms with E-state index in [1.54, 1.807) is 36.7 Å². The molecule has 2 aromatic heterocycles. The van der Waals surface area contributed by atoms with Gasteiger partial charge in [0.25, 0.3) is 0 Å². The monoisotopic (exact) mass is 409 g/mol. The highest BCUT2D eigenvalue weighted by Crippen LogP contribution is 2.28. The van der Waals surface area contributed by atoms with E-state index in [9.17, 15) is 9.59 Å². The summed E-state index contributed by atoms with van der Waals surface area (Å²) in [5, 5.41) is 11.8. The number of hydrogen-bond acceptors (Lipinski definition) is 6. The third-order valence-electron chi connectivity index (χ3n) is 4.32. The second kappa shape index (κ2) is 9.47. The van der Waals surface area contributed by atoms with Gasteiger partial charge in [-0.2, -0.15) is 0 Å². The van der Waals surface area contributed by atoms with Crippen molar-refractivity contribution in [3.05, 3.63) is 54.4 Å². The van der Waals surface area contributed by atoms with Crippen LogP contribution < -0.4 is 5.32 Å². The fourth-order valence-corrected chi connectivity index (χ4v) is 3.74. The Morgan fingerprint density at radius 2 is 1.86 bits per heavy atom. The van der Waals surface area contributed by atoms with Gasteiger partial charge in [0.05, 0.1) is 10.9 Å². The zero-order chi connectivity index (χ0) is 20.8. The van der Waals surface area contributed by atoms with E-state index in [-0.39, 0.29) is 11.7 Å². The molecule has 1 N–H and O–H groups in total. The van der Waals surface area contributed by atoms with Crippen molar-refractivity contribution < 1.29 is 9.59 Å². The van der Waals surface area contributed by atoms with Gasteiger partial charge in [0, 0.05) is 30.1 Å². The third kappa shape index (κ3) is 4.89. The maximum atomic E-state index is 12.7. The number of nitrogens with zero attached hydrogens (tertiary/aromatic N) is 4. The Balaban J connectivity index is 1.78. The van der Waals surface area contributed by atoms with Gasteiger partial charge in [0.1, 0.15) is 0 Å². The number of amides is 1. The molecule has 0 bridgehead atoms. The number of thioether (sulfide) groups is 1. The standard InChI is InChI=1S/C21H23N5O2S/c1-4-13-26-19(16-9-11-22-12-10-16)24-25-21(26)29-15(3)20(28)23-18-8-6-5-7-17(18)14(2)27/h5-12,15H,4,13H2,1-3H3,(H,23,28)/t15-/m0/s1. The molecule has 0 aliphatic carbocycles. The van der Waals surface area contributed by atoms with E-state index in [1.165, 1.54) is 18.7 Å². The minimum absolute atomic E-state index is 0.0918.